The summed E-state index contributed by atoms with van der Waals surface area (Å²) in [5.74, 6) is -2.44. The van der Waals surface area contributed by atoms with Gasteiger partial charge in [-0.3, -0.25) is 29.2 Å². The highest BCUT2D eigenvalue weighted by Gasteiger charge is 2.34. The van der Waals surface area contributed by atoms with Gasteiger partial charge in [0.25, 0.3) is 11.8 Å². The second kappa shape index (κ2) is 14.7. The fourth-order valence-electron chi connectivity index (χ4n) is 4.77. The molecule has 2 heterocycles. The quantitative estimate of drug-likeness (QED) is 0.273. The number of esters is 1. The van der Waals surface area contributed by atoms with Crippen LogP contribution in [0.3, 0.4) is 0 Å². The number of nitrogens with zero attached hydrogens (tertiary/aromatic N) is 2. The zero-order chi connectivity index (χ0) is 31.0. The minimum atomic E-state index is -1.04. The molecule has 1 fully saturated rings. The third-order valence-electron chi connectivity index (χ3n) is 7.29. The Labute approximate surface area is 247 Å². The minimum absolute atomic E-state index is 0.222. The van der Waals surface area contributed by atoms with E-state index in [2.05, 4.69) is 27.6 Å². The van der Waals surface area contributed by atoms with Gasteiger partial charge in [-0.2, -0.15) is 0 Å². The van der Waals surface area contributed by atoms with Crippen molar-refractivity contribution >= 4 is 40.5 Å². The lowest BCUT2D eigenvalue weighted by molar-refractivity contribution is -0.161. The lowest BCUT2D eigenvalue weighted by Gasteiger charge is -2.35. The average Bonchev–Trinajstić information content (AvgIpc) is 2.98. The number of rotatable bonds is 11. The molecule has 1 unspecified atom stereocenters. The van der Waals surface area contributed by atoms with Crippen molar-refractivity contribution < 1.29 is 23.9 Å². The zero-order valence-electron chi connectivity index (χ0n) is 25.3. The number of carbonyl (C=O) groups is 4. The third kappa shape index (κ3) is 8.25. The molecule has 3 rings (SSSR count). The number of hydrogen-bond donors (Lipinski definition) is 3. The molecular weight excluding hydrogens is 534 g/mol. The largest absolute Gasteiger partial charge is 0.452 e. The lowest BCUT2D eigenvalue weighted by atomic mass is 10.0. The van der Waals surface area contributed by atoms with Gasteiger partial charge < -0.3 is 15.4 Å². The van der Waals surface area contributed by atoms with E-state index < -0.39 is 36.0 Å². The topological polar surface area (TPSA) is 130 Å². The lowest BCUT2D eigenvalue weighted by Crippen LogP contribution is -2.61. The molecule has 0 spiro atoms. The van der Waals surface area contributed by atoms with Crippen molar-refractivity contribution in [3.8, 4) is 0 Å². The number of pyridine rings is 1. The van der Waals surface area contributed by atoms with Crippen LogP contribution in [0.15, 0.2) is 49.2 Å². The van der Waals surface area contributed by atoms with E-state index in [4.69, 9.17) is 4.74 Å². The predicted molar refractivity (Wildman–Crippen MR) is 163 cm³/mol. The van der Waals surface area contributed by atoms with Gasteiger partial charge in [0.05, 0.1) is 17.7 Å². The first-order valence-electron chi connectivity index (χ1n) is 14.5. The maximum atomic E-state index is 13.2. The molecule has 5 atom stereocenters. The van der Waals surface area contributed by atoms with Gasteiger partial charge in [0, 0.05) is 18.1 Å². The van der Waals surface area contributed by atoms with Gasteiger partial charge in [-0.05, 0) is 75.6 Å². The molecule has 0 saturated carbocycles. The molecule has 0 radical (unpaired) electrons. The number of allylic oxidation sites excluding steroid dienone is 1. The van der Waals surface area contributed by atoms with Crippen molar-refractivity contribution in [2.45, 2.75) is 78.6 Å². The van der Waals surface area contributed by atoms with Crippen molar-refractivity contribution in [3.63, 3.8) is 0 Å². The molecule has 3 amide bonds. The Kier molecular flexibility index (Phi) is 11.4. The molecule has 3 N–H and O–H groups in total. The van der Waals surface area contributed by atoms with E-state index >= 15 is 0 Å². The van der Waals surface area contributed by atoms with Gasteiger partial charge in [-0.1, -0.05) is 44.7 Å². The number of nitrogens with one attached hydrogen (secondary N) is 3. The number of ether oxygens (including phenoxy) is 1. The summed E-state index contributed by atoms with van der Waals surface area (Å²) in [4.78, 5) is 56.1. The summed E-state index contributed by atoms with van der Waals surface area (Å²) in [6.07, 6.45) is 7.06. The Hall–Kier alpha value is -4.05. The van der Waals surface area contributed by atoms with E-state index in [0.29, 0.717) is 19.4 Å². The molecule has 42 heavy (non-hydrogen) atoms. The molecule has 10 nitrogen and oxygen atoms in total. The summed E-state index contributed by atoms with van der Waals surface area (Å²) < 4.78 is 5.47. The SMILES string of the molecule is C=Cc1cc2cc(C(C)NC(=O)[C@@H]3CCCN(C(=O)[C@H](C)NC(=O)[C@@H](OC(=O)[C@H](C)/C=C/C)C(C)C)N3)ccc2cn1. The van der Waals surface area contributed by atoms with Crippen molar-refractivity contribution in [1.29, 1.82) is 0 Å². The smallest absolute Gasteiger partial charge is 0.313 e. The summed E-state index contributed by atoms with van der Waals surface area (Å²) in [5.41, 5.74) is 4.75. The zero-order valence-corrected chi connectivity index (χ0v) is 25.3. The van der Waals surface area contributed by atoms with E-state index in [9.17, 15) is 19.2 Å². The molecule has 0 aliphatic carbocycles. The summed E-state index contributed by atoms with van der Waals surface area (Å²) in [5, 5.41) is 9.10. The number of fused-ring (bicyclic) bond motifs is 1. The highest BCUT2D eigenvalue weighted by Crippen LogP contribution is 2.22. The summed E-state index contributed by atoms with van der Waals surface area (Å²) >= 11 is 0. The first-order chi connectivity index (χ1) is 19.9. The Morgan fingerprint density at radius 3 is 2.50 bits per heavy atom. The van der Waals surface area contributed by atoms with Gasteiger partial charge in [-0.15, -0.1) is 0 Å². The predicted octanol–water partition coefficient (Wildman–Crippen LogP) is 3.84. The van der Waals surface area contributed by atoms with Crippen LogP contribution in [0.2, 0.25) is 0 Å². The van der Waals surface area contributed by atoms with Crippen LogP contribution in [0.4, 0.5) is 0 Å². The standard InChI is InChI=1S/C32H43N5O5/c1-8-11-20(5)32(41)42-28(19(3)4)30(39)35-22(7)31(40)37-15-10-12-27(36-37)29(38)34-21(6)23-13-14-24-18-33-26(9-2)17-25(24)16-23/h8-9,11,13-14,16-22,27-28,36H,2,10,12,15H2,1,3-7H3,(H,34,38)(H,35,39)/b11-8+/t20-,21?,22+,27+,28+/m1/s1. The Morgan fingerprint density at radius 1 is 1.10 bits per heavy atom. The van der Waals surface area contributed by atoms with Crippen LogP contribution >= 0.6 is 0 Å². The number of aromatic nitrogens is 1. The highest BCUT2D eigenvalue weighted by atomic mass is 16.5. The van der Waals surface area contributed by atoms with Crippen molar-refractivity contribution in [3.05, 3.63) is 60.5 Å². The number of benzene rings is 1. The second-order valence-corrected chi connectivity index (χ2v) is 11.1. The highest BCUT2D eigenvalue weighted by molar-refractivity contribution is 5.91. The fraction of sp³-hybridized carbons (Fsp3) is 0.469. The molecule has 226 valence electrons. The molecule has 10 heteroatoms. The van der Waals surface area contributed by atoms with Gasteiger partial charge in [0.15, 0.2) is 6.10 Å². The second-order valence-electron chi connectivity index (χ2n) is 11.1. The van der Waals surface area contributed by atoms with Crippen LogP contribution in [0.25, 0.3) is 16.8 Å². The summed E-state index contributed by atoms with van der Waals surface area (Å²) in [6.45, 7) is 14.7. The van der Waals surface area contributed by atoms with Crippen LogP contribution < -0.4 is 16.1 Å². The molecular formula is C32H43N5O5. The first-order valence-corrected chi connectivity index (χ1v) is 14.5. The van der Waals surface area contributed by atoms with Crippen LogP contribution in [0.5, 0.6) is 0 Å². The molecule has 1 aromatic carbocycles. The van der Waals surface area contributed by atoms with Gasteiger partial charge in [0.1, 0.15) is 12.1 Å². The number of hydrogen-bond acceptors (Lipinski definition) is 7. The minimum Gasteiger partial charge on any atom is -0.452 e. The molecule has 1 saturated heterocycles. The van der Waals surface area contributed by atoms with Gasteiger partial charge in [0.2, 0.25) is 5.91 Å². The molecule has 1 aliphatic rings. The van der Waals surface area contributed by atoms with Gasteiger partial charge >= 0.3 is 5.97 Å². The van der Waals surface area contributed by atoms with E-state index in [1.165, 1.54) is 5.01 Å². The number of carbonyl (C=O) groups excluding carboxylic acids is 4. The molecule has 1 aromatic heterocycles. The Morgan fingerprint density at radius 2 is 1.83 bits per heavy atom. The number of hydrazine groups is 1. The van der Waals surface area contributed by atoms with Gasteiger partial charge in [-0.25, -0.2) is 5.43 Å². The van der Waals surface area contributed by atoms with Crippen LogP contribution in [-0.2, 0) is 23.9 Å². The molecule has 0 bridgehead atoms. The average molecular weight is 578 g/mol. The van der Waals surface area contributed by atoms with Crippen LogP contribution in [-0.4, -0.2) is 58.4 Å². The van der Waals surface area contributed by atoms with E-state index in [0.717, 1.165) is 22.0 Å². The van der Waals surface area contributed by atoms with E-state index in [-0.39, 0.29) is 23.8 Å². The number of amides is 3. The Bertz CT molecular complexity index is 1340. The third-order valence-corrected chi connectivity index (χ3v) is 7.29. The normalized spacial score (nSPS) is 18.3. The van der Waals surface area contributed by atoms with Crippen molar-refractivity contribution in [2.75, 3.05) is 6.54 Å². The monoisotopic (exact) mass is 577 g/mol. The van der Waals surface area contributed by atoms with E-state index in [1.54, 1.807) is 59.0 Å². The van der Waals surface area contributed by atoms with Crippen molar-refractivity contribution in [2.24, 2.45) is 11.8 Å². The van der Waals surface area contributed by atoms with Crippen LogP contribution in [0, 0.1) is 11.8 Å². The molecule has 1 aliphatic heterocycles. The van der Waals surface area contributed by atoms with Crippen LogP contribution in [0.1, 0.15) is 71.7 Å². The fourth-order valence-corrected chi connectivity index (χ4v) is 4.77. The Balaban J connectivity index is 1.59. The maximum absolute atomic E-state index is 13.2. The van der Waals surface area contributed by atoms with E-state index in [1.807, 2.05) is 31.2 Å². The maximum Gasteiger partial charge on any atom is 0.313 e. The summed E-state index contributed by atoms with van der Waals surface area (Å²) in [7, 11) is 0. The summed E-state index contributed by atoms with van der Waals surface area (Å²) in [6, 6.07) is 6.12. The molecule has 2 aromatic rings. The van der Waals surface area contributed by atoms with Crippen molar-refractivity contribution in [1.82, 2.24) is 26.1 Å². The first kappa shape index (κ1) is 32.5.